The molecule has 2 nitrogen and oxygen atoms in total. The van der Waals surface area contributed by atoms with Crippen LogP contribution in [0.3, 0.4) is 0 Å². The Bertz CT molecular complexity index is 727. The molecule has 0 radical (unpaired) electrons. The van der Waals surface area contributed by atoms with Crippen LogP contribution in [-0.2, 0) is 0 Å². The number of allylic oxidation sites excluding steroid dienone is 5. The molecule has 1 heterocycles. The van der Waals surface area contributed by atoms with E-state index in [1.165, 1.54) is 6.07 Å². The first-order valence-corrected chi connectivity index (χ1v) is 6.93. The lowest BCUT2D eigenvalue weighted by molar-refractivity contribution is 0.636. The summed E-state index contributed by atoms with van der Waals surface area (Å²) >= 11 is 0. The lowest BCUT2D eigenvalue weighted by Crippen LogP contribution is -2.02. The van der Waals surface area contributed by atoms with Gasteiger partial charge in [0.1, 0.15) is 11.3 Å². The van der Waals surface area contributed by atoms with Crippen molar-refractivity contribution in [1.82, 2.24) is 10.3 Å². The fourth-order valence-electron chi connectivity index (χ4n) is 2.10. The second-order valence-electron chi connectivity index (χ2n) is 4.58. The van der Waals surface area contributed by atoms with Crippen molar-refractivity contribution in [2.45, 2.75) is 13.8 Å². The van der Waals surface area contributed by atoms with Crippen LogP contribution < -0.4 is 5.32 Å². The Morgan fingerprint density at radius 1 is 1.10 bits per heavy atom. The minimum atomic E-state index is -0.293. The number of hydrogen-bond donors (Lipinski definition) is 1. The van der Waals surface area contributed by atoms with Crippen LogP contribution in [0.1, 0.15) is 19.5 Å². The Balaban J connectivity index is 2.42. The monoisotopic (exact) mass is 282 g/mol. The SMILES string of the molecule is C/C=C(/C=C\C(=C/C)c1ccc2cccc(F)c2n1)NC. The summed E-state index contributed by atoms with van der Waals surface area (Å²) in [6.45, 7) is 3.91. The average Bonchev–Trinajstić information content (AvgIpc) is 2.52. The van der Waals surface area contributed by atoms with E-state index in [1.807, 2.05) is 63.4 Å². The second-order valence-corrected chi connectivity index (χ2v) is 4.58. The Morgan fingerprint density at radius 3 is 2.57 bits per heavy atom. The number of nitrogens with one attached hydrogen (secondary N) is 1. The molecule has 0 aliphatic carbocycles. The van der Waals surface area contributed by atoms with Crippen LogP contribution in [0.2, 0.25) is 0 Å². The molecule has 0 atom stereocenters. The molecule has 0 amide bonds. The largest absolute Gasteiger partial charge is 0.388 e. The summed E-state index contributed by atoms with van der Waals surface area (Å²) < 4.78 is 13.8. The number of likely N-dealkylation sites (N-methyl/N-ethyl adjacent to an activating group) is 1. The van der Waals surface area contributed by atoms with E-state index in [0.29, 0.717) is 5.52 Å². The highest BCUT2D eigenvalue weighted by molar-refractivity contribution is 5.83. The Hall–Kier alpha value is -2.42. The van der Waals surface area contributed by atoms with Gasteiger partial charge >= 0.3 is 0 Å². The number of halogens is 1. The van der Waals surface area contributed by atoms with Crippen molar-refractivity contribution in [2.24, 2.45) is 0 Å². The van der Waals surface area contributed by atoms with Crippen molar-refractivity contribution in [3.63, 3.8) is 0 Å². The van der Waals surface area contributed by atoms with Gasteiger partial charge in [0.25, 0.3) is 0 Å². The molecule has 3 heteroatoms. The van der Waals surface area contributed by atoms with Gasteiger partial charge in [0.05, 0.1) is 5.69 Å². The maximum atomic E-state index is 13.8. The fraction of sp³-hybridized carbons (Fsp3) is 0.167. The molecule has 0 saturated heterocycles. The number of aromatic nitrogens is 1. The molecule has 108 valence electrons. The first-order chi connectivity index (χ1) is 10.2. The molecule has 0 spiro atoms. The van der Waals surface area contributed by atoms with Crippen LogP contribution in [0.5, 0.6) is 0 Å². The van der Waals surface area contributed by atoms with E-state index in [4.69, 9.17) is 0 Å². The number of hydrogen-bond acceptors (Lipinski definition) is 2. The summed E-state index contributed by atoms with van der Waals surface area (Å²) in [6.07, 6.45) is 7.90. The van der Waals surface area contributed by atoms with Gasteiger partial charge < -0.3 is 5.32 Å². The van der Waals surface area contributed by atoms with Crippen LogP contribution in [0.15, 0.2) is 60.3 Å². The lowest BCUT2D eigenvalue weighted by Gasteiger charge is -2.05. The number of nitrogens with zero attached hydrogens (tertiary/aromatic N) is 1. The average molecular weight is 282 g/mol. The predicted octanol–water partition coefficient (Wildman–Crippen LogP) is 4.46. The van der Waals surface area contributed by atoms with E-state index in [9.17, 15) is 4.39 Å². The van der Waals surface area contributed by atoms with Crippen molar-refractivity contribution < 1.29 is 4.39 Å². The van der Waals surface area contributed by atoms with Gasteiger partial charge in [-0.1, -0.05) is 36.4 Å². The Morgan fingerprint density at radius 2 is 1.90 bits per heavy atom. The highest BCUT2D eigenvalue weighted by Crippen LogP contribution is 2.21. The third-order valence-electron chi connectivity index (χ3n) is 3.32. The smallest absolute Gasteiger partial charge is 0.149 e. The number of benzene rings is 1. The van der Waals surface area contributed by atoms with Crippen LogP contribution >= 0.6 is 0 Å². The molecule has 0 saturated carbocycles. The van der Waals surface area contributed by atoms with Gasteiger partial charge in [-0.25, -0.2) is 9.37 Å². The van der Waals surface area contributed by atoms with Crippen LogP contribution in [0, 0.1) is 5.82 Å². The van der Waals surface area contributed by atoms with E-state index >= 15 is 0 Å². The van der Waals surface area contributed by atoms with Crippen LogP contribution in [-0.4, -0.2) is 12.0 Å². The van der Waals surface area contributed by atoms with Gasteiger partial charge in [-0.05, 0) is 37.6 Å². The fourth-order valence-corrected chi connectivity index (χ4v) is 2.10. The predicted molar refractivity (Wildman–Crippen MR) is 87.3 cm³/mol. The zero-order valence-corrected chi connectivity index (χ0v) is 12.5. The second kappa shape index (κ2) is 6.84. The number of pyridine rings is 1. The van der Waals surface area contributed by atoms with Gasteiger partial charge in [-0.3, -0.25) is 0 Å². The standard InChI is InChI=1S/C18H19FN2/c1-4-13(9-11-15(5-2)20-3)17-12-10-14-7-6-8-16(19)18(14)21-17/h4-12,20H,1-3H3/b11-9-,13-4+,15-5-. The van der Waals surface area contributed by atoms with Crippen molar-refractivity contribution in [1.29, 1.82) is 0 Å². The van der Waals surface area contributed by atoms with Crippen LogP contribution in [0.4, 0.5) is 4.39 Å². The molecular formula is C18H19FN2. The third kappa shape index (κ3) is 3.37. The zero-order valence-electron chi connectivity index (χ0n) is 12.5. The number of fused-ring (bicyclic) bond motifs is 1. The van der Waals surface area contributed by atoms with Crippen molar-refractivity contribution in [3.05, 3.63) is 71.8 Å². The van der Waals surface area contributed by atoms with E-state index in [0.717, 1.165) is 22.4 Å². The highest BCUT2D eigenvalue weighted by Gasteiger charge is 2.05. The topological polar surface area (TPSA) is 24.9 Å². The summed E-state index contributed by atoms with van der Waals surface area (Å²) in [6, 6.07) is 8.80. The van der Waals surface area contributed by atoms with E-state index in [2.05, 4.69) is 10.3 Å². The molecule has 0 fully saturated rings. The Kier molecular flexibility index (Phi) is 4.88. The quantitative estimate of drug-likeness (QED) is 0.838. The third-order valence-corrected chi connectivity index (χ3v) is 3.32. The van der Waals surface area contributed by atoms with Gasteiger partial charge in [-0.2, -0.15) is 0 Å². The molecule has 0 aliphatic rings. The first kappa shape index (κ1) is 15.0. The maximum absolute atomic E-state index is 13.8. The summed E-state index contributed by atoms with van der Waals surface area (Å²) in [5, 5.41) is 3.90. The number of para-hydroxylation sites is 1. The summed E-state index contributed by atoms with van der Waals surface area (Å²) in [5.41, 5.74) is 3.14. The van der Waals surface area contributed by atoms with E-state index in [1.54, 1.807) is 6.07 Å². The molecule has 0 unspecified atom stereocenters. The van der Waals surface area contributed by atoms with Crippen molar-refractivity contribution >= 4 is 16.5 Å². The maximum Gasteiger partial charge on any atom is 0.149 e. The molecular weight excluding hydrogens is 263 g/mol. The van der Waals surface area contributed by atoms with E-state index in [-0.39, 0.29) is 5.82 Å². The molecule has 1 aromatic heterocycles. The van der Waals surface area contributed by atoms with Crippen LogP contribution in [0.25, 0.3) is 16.5 Å². The zero-order chi connectivity index (χ0) is 15.2. The highest BCUT2D eigenvalue weighted by atomic mass is 19.1. The summed E-state index contributed by atoms with van der Waals surface area (Å²) in [4.78, 5) is 4.44. The molecule has 1 aromatic carbocycles. The lowest BCUT2D eigenvalue weighted by atomic mass is 10.1. The van der Waals surface area contributed by atoms with Gasteiger partial charge in [0.15, 0.2) is 0 Å². The van der Waals surface area contributed by atoms with Crippen molar-refractivity contribution in [3.8, 4) is 0 Å². The van der Waals surface area contributed by atoms with Gasteiger partial charge in [-0.15, -0.1) is 0 Å². The van der Waals surface area contributed by atoms with Gasteiger partial charge in [0, 0.05) is 18.1 Å². The Labute approximate surface area is 124 Å². The molecule has 2 aromatic rings. The molecule has 0 aliphatic heterocycles. The number of rotatable bonds is 4. The van der Waals surface area contributed by atoms with E-state index < -0.39 is 0 Å². The summed E-state index contributed by atoms with van der Waals surface area (Å²) in [5.74, 6) is -0.293. The minimum absolute atomic E-state index is 0.293. The molecule has 0 bridgehead atoms. The van der Waals surface area contributed by atoms with Gasteiger partial charge in [0.2, 0.25) is 0 Å². The minimum Gasteiger partial charge on any atom is -0.388 e. The summed E-state index contributed by atoms with van der Waals surface area (Å²) in [7, 11) is 1.87. The molecule has 1 N–H and O–H groups in total. The van der Waals surface area contributed by atoms with Crippen molar-refractivity contribution in [2.75, 3.05) is 7.05 Å². The first-order valence-electron chi connectivity index (χ1n) is 6.93. The molecule has 21 heavy (non-hydrogen) atoms. The normalized spacial score (nSPS) is 13.1. The molecule has 2 rings (SSSR count).